The van der Waals surface area contributed by atoms with Crippen LogP contribution in [0.1, 0.15) is 26.4 Å². The third-order valence-electron chi connectivity index (χ3n) is 4.55. The maximum absolute atomic E-state index is 13.3. The van der Waals surface area contributed by atoms with Gasteiger partial charge in [0.05, 0.1) is 5.02 Å². The number of benzene rings is 2. The first kappa shape index (κ1) is 18.1. The van der Waals surface area contributed by atoms with Gasteiger partial charge in [-0.3, -0.25) is 14.6 Å². The maximum atomic E-state index is 13.3. The summed E-state index contributed by atoms with van der Waals surface area (Å²) in [5.41, 5.74) is 2.78. The second kappa shape index (κ2) is 7.40. The number of rotatable bonds is 3. The molecule has 0 atom stereocenters. The minimum Gasteiger partial charge on any atom is -0.322 e. The first-order valence-electron chi connectivity index (χ1n) is 8.65. The van der Waals surface area contributed by atoms with Crippen molar-refractivity contribution in [2.75, 3.05) is 16.8 Å². The largest absolute Gasteiger partial charge is 0.322 e. The first-order valence-corrected chi connectivity index (χ1v) is 9.03. The quantitative estimate of drug-likeness (QED) is 0.718. The summed E-state index contributed by atoms with van der Waals surface area (Å²) in [5, 5.41) is 2.55. The monoisotopic (exact) mass is 395 g/mol. The highest BCUT2D eigenvalue weighted by atomic mass is 35.5. The van der Waals surface area contributed by atoms with Gasteiger partial charge in [-0.1, -0.05) is 29.8 Å². The lowest BCUT2D eigenvalue weighted by molar-refractivity contribution is 0.0984. The summed E-state index contributed by atoms with van der Waals surface area (Å²) in [6.07, 6.45) is 2.20. The summed E-state index contributed by atoms with van der Waals surface area (Å²) in [7, 11) is 0. The second-order valence-corrected chi connectivity index (χ2v) is 6.76. The van der Waals surface area contributed by atoms with E-state index in [1.165, 1.54) is 36.5 Å². The van der Waals surface area contributed by atoms with E-state index in [0.717, 1.165) is 17.7 Å². The lowest BCUT2D eigenvalue weighted by Crippen LogP contribution is -2.30. The normalized spacial score (nSPS) is 12.6. The van der Waals surface area contributed by atoms with Crippen molar-refractivity contribution < 1.29 is 14.0 Å². The van der Waals surface area contributed by atoms with Crippen LogP contribution in [0.2, 0.25) is 5.02 Å². The Balaban J connectivity index is 1.55. The molecule has 5 nitrogen and oxygen atoms in total. The molecule has 0 spiro atoms. The van der Waals surface area contributed by atoms with Gasteiger partial charge in [0.2, 0.25) is 0 Å². The Hall–Kier alpha value is -3.25. The highest BCUT2D eigenvalue weighted by Crippen LogP contribution is 2.28. The molecular formula is C21H15ClFN3O2. The average Bonchev–Trinajstić information content (AvgIpc) is 3.14. The van der Waals surface area contributed by atoms with Crippen LogP contribution in [-0.4, -0.2) is 23.3 Å². The van der Waals surface area contributed by atoms with Gasteiger partial charge in [0.1, 0.15) is 11.5 Å². The van der Waals surface area contributed by atoms with Crippen LogP contribution in [0.3, 0.4) is 0 Å². The van der Waals surface area contributed by atoms with Gasteiger partial charge in [-0.2, -0.15) is 0 Å². The van der Waals surface area contributed by atoms with Crippen molar-refractivity contribution >= 4 is 34.8 Å². The zero-order valence-corrected chi connectivity index (χ0v) is 15.4. The fraction of sp³-hybridized carbons (Fsp3) is 0.0952. The van der Waals surface area contributed by atoms with Crippen LogP contribution in [0.4, 0.5) is 15.8 Å². The Morgan fingerprint density at radius 3 is 2.75 bits per heavy atom. The number of halogens is 2. The van der Waals surface area contributed by atoms with E-state index in [1.807, 2.05) is 24.3 Å². The molecule has 0 radical (unpaired) electrons. The van der Waals surface area contributed by atoms with E-state index in [-0.39, 0.29) is 22.2 Å². The number of aromatic nitrogens is 1. The van der Waals surface area contributed by atoms with Gasteiger partial charge in [-0.15, -0.1) is 0 Å². The highest BCUT2D eigenvalue weighted by Gasteiger charge is 2.26. The summed E-state index contributed by atoms with van der Waals surface area (Å²) >= 11 is 5.74. The molecule has 2 amide bonds. The molecule has 4 rings (SSSR count). The van der Waals surface area contributed by atoms with E-state index >= 15 is 0 Å². The summed E-state index contributed by atoms with van der Waals surface area (Å²) in [4.78, 5) is 31.2. The fourth-order valence-electron chi connectivity index (χ4n) is 3.15. The van der Waals surface area contributed by atoms with E-state index in [4.69, 9.17) is 11.6 Å². The molecule has 0 saturated carbocycles. The van der Waals surface area contributed by atoms with Gasteiger partial charge < -0.3 is 10.2 Å². The fourth-order valence-corrected chi connectivity index (χ4v) is 3.33. The number of hydrogen-bond donors (Lipinski definition) is 1. The number of para-hydroxylation sites is 1. The van der Waals surface area contributed by atoms with E-state index < -0.39 is 11.7 Å². The van der Waals surface area contributed by atoms with Crippen molar-refractivity contribution in [2.24, 2.45) is 0 Å². The van der Waals surface area contributed by atoms with Crippen LogP contribution in [0.15, 0.2) is 60.8 Å². The molecule has 7 heteroatoms. The second-order valence-electron chi connectivity index (χ2n) is 6.35. The molecule has 3 aromatic rings. The lowest BCUT2D eigenvalue weighted by atomic mass is 10.1. The minimum atomic E-state index is -0.567. The Labute approximate surface area is 165 Å². The van der Waals surface area contributed by atoms with Crippen LogP contribution < -0.4 is 10.2 Å². The van der Waals surface area contributed by atoms with Crippen molar-refractivity contribution in [1.29, 1.82) is 0 Å². The predicted octanol–water partition coefficient (Wildman–Crippen LogP) is 4.33. The van der Waals surface area contributed by atoms with Crippen LogP contribution in [0.25, 0.3) is 0 Å². The number of carbonyl (C=O) groups is 2. The van der Waals surface area contributed by atoms with Crippen LogP contribution in [0.5, 0.6) is 0 Å². The first-order chi connectivity index (χ1) is 13.5. The molecule has 140 valence electrons. The number of nitrogens with zero attached hydrogens (tertiary/aromatic N) is 2. The number of hydrogen-bond acceptors (Lipinski definition) is 3. The molecule has 2 heterocycles. The molecule has 1 aromatic heterocycles. The van der Waals surface area contributed by atoms with Gasteiger partial charge >= 0.3 is 0 Å². The molecule has 0 fully saturated rings. The van der Waals surface area contributed by atoms with E-state index in [1.54, 1.807) is 4.90 Å². The van der Waals surface area contributed by atoms with Crippen LogP contribution in [0, 0.1) is 5.82 Å². The molecule has 0 saturated heterocycles. The number of fused-ring (bicyclic) bond motifs is 1. The standard InChI is InChI=1S/C21H15ClFN3O2/c22-16-12-15(5-6-17(16)23)25-20(27)14-7-9-24-18(11-14)21(28)26-10-8-13-3-1-2-4-19(13)26/h1-7,9,11-12H,8,10H2,(H,25,27). The minimum absolute atomic E-state index is 0.0870. The molecule has 1 aliphatic heterocycles. The number of amides is 2. The molecule has 1 N–H and O–H groups in total. The zero-order valence-electron chi connectivity index (χ0n) is 14.7. The zero-order chi connectivity index (χ0) is 19.7. The summed E-state index contributed by atoms with van der Waals surface area (Å²) in [5.74, 6) is -1.27. The van der Waals surface area contributed by atoms with Gasteiger partial charge in [0.25, 0.3) is 11.8 Å². The molecule has 28 heavy (non-hydrogen) atoms. The number of nitrogens with one attached hydrogen (secondary N) is 1. The summed E-state index contributed by atoms with van der Waals surface area (Å²) in [6, 6.07) is 14.6. The number of carbonyl (C=O) groups excluding carboxylic acids is 2. The van der Waals surface area contributed by atoms with Crippen LogP contribution >= 0.6 is 11.6 Å². The third-order valence-corrected chi connectivity index (χ3v) is 4.84. The lowest BCUT2D eigenvalue weighted by Gasteiger charge is -2.17. The topological polar surface area (TPSA) is 62.3 Å². The van der Waals surface area contributed by atoms with Gasteiger partial charge in [0.15, 0.2) is 0 Å². The Morgan fingerprint density at radius 1 is 1.11 bits per heavy atom. The smallest absolute Gasteiger partial charge is 0.276 e. The van der Waals surface area contributed by atoms with Crippen molar-refractivity contribution in [3.8, 4) is 0 Å². The molecule has 0 unspecified atom stereocenters. The predicted molar refractivity (Wildman–Crippen MR) is 105 cm³/mol. The summed E-state index contributed by atoms with van der Waals surface area (Å²) < 4.78 is 13.3. The highest BCUT2D eigenvalue weighted by molar-refractivity contribution is 6.31. The van der Waals surface area contributed by atoms with Crippen molar-refractivity contribution in [3.05, 3.63) is 88.5 Å². The Morgan fingerprint density at radius 2 is 1.93 bits per heavy atom. The van der Waals surface area contributed by atoms with Gasteiger partial charge in [-0.05, 0) is 48.4 Å². The SMILES string of the molecule is O=C(Nc1ccc(F)c(Cl)c1)c1ccnc(C(=O)N2CCc3ccccc32)c1. The summed E-state index contributed by atoms with van der Waals surface area (Å²) in [6.45, 7) is 0.574. The van der Waals surface area contributed by atoms with E-state index in [2.05, 4.69) is 10.3 Å². The average molecular weight is 396 g/mol. The molecule has 2 aromatic carbocycles. The van der Waals surface area contributed by atoms with Crippen molar-refractivity contribution in [1.82, 2.24) is 4.98 Å². The number of anilines is 2. The van der Waals surface area contributed by atoms with E-state index in [0.29, 0.717) is 12.2 Å². The van der Waals surface area contributed by atoms with Crippen LogP contribution in [-0.2, 0) is 6.42 Å². The molecule has 1 aliphatic rings. The maximum Gasteiger partial charge on any atom is 0.276 e. The molecular weight excluding hydrogens is 381 g/mol. The van der Waals surface area contributed by atoms with Crippen molar-refractivity contribution in [2.45, 2.75) is 6.42 Å². The van der Waals surface area contributed by atoms with E-state index in [9.17, 15) is 14.0 Å². The van der Waals surface area contributed by atoms with Gasteiger partial charge in [-0.25, -0.2) is 4.39 Å². The Bertz CT molecular complexity index is 1090. The Kier molecular flexibility index (Phi) is 4.79. The number of pyridine rings is 1. The van der Waals surface area contributed by atoms with Gasteiger partial charge in [0, 0.05) is 29.7 Å². The molecule has 0 aliphatic carbocycles. The molecule has 0 bridgehead atoms. The third kappa shape index (κ3) is 3.46. The van der Waals surface area contributed by atoms with Crippen molar-refractivity contribution in [3.63, 3.8) is 0 Å².